The van der Waals surface area contributed by atoms with Crippen molar-refractivity contribution >= 4 is 17.3 Å². The summed E-state index contributed by atoms with van der Waals surface area (Å²) in [6.07, 6.45) is -0.0348. The summed E-state index contributed by atoms with van der Waals surface area (Å²) in [4.78, 5) is 12.6. The molecule has 3 nitrogen and oxygen atoms in total. The van der Waals surface area contributed by atoms with E-state index in [1.807, 2.05) is 19.1 Å². The minimum atomic E-state index is -0.865. The van der Waals surface area contributed by atoms with E-state index >= 15 is 0 Å². The second-order valence-corrected chi connectivity index (χ2v) is 4.69. The average Bonchev–Trinajstić information content (AvgIpc) is 2.32. The van der Waals surface area contributed by atoms with Crippen molar-refractivity contribution in [2.75, 3.05) is 0 Å². The van der Waals surface area contributed by atoms with E-state index in [0.29, 0.717) is 0 Å². The lowest BCUT2D eigenvalue weighted by Gasteiger charge is -2.20. The van der Waals surface area contributed by atoms with E-state index in [4.69, 9.17) is 10.8 Å². The van der Waals surface area contributed by atoms with Gasteiger partial charge in [0.15, 0.2) is 0 Å². The van der Waals surface area contributed by atoms with Crippen LogP contribution in [0, 0.1) is 6.92 Å². The van der Waals surface area contributed by atoms with Gasteiger partial charge in [0.2, 0.25) is 0 Å². The Hall–Kier alpha value is -0.870. The Morgan fingerprint density at radius 1 is 1.69 bits per heavy atom. The Balaban J connectivity index is 2.86. The van der Waals surface area contributed by atoms with Crippen LogP contribution in [0.4, 0.5) is 0 Å². The van der Waals surface area contributed by atoms with Crippen LogP contribution in [0.15, 0.2) is 12.1 Å². The second kappa shape index (κ2) is 3.47. The molecule has 1 aromatic heterocycles. The van der Waals surface area contributed by atoms with E-state index in [2.05, 4.69) is 0 Å². The second-order valence-electron chi connectivity index (χ2n) is 3.40. The van der Waals surface area contributed by atoms with E-state index in [-0.39, 0.29) is 6.42 Å². The molecule has 0 saturated heterocycles. The predicted octanol–water partition coefficient (Wildman–Crippen LogP) is 1.71. The van der Waals surface area contributed by atoms with Crippen LogP contribution < -0.4 is 5.73 Å². The van der Waals surface area contributed by atoms with Gasteiger partial charge in [-0.15, -0.1) is 11.3 Å². The summed E-state index contributed by atoms with van der Waals surface area (Å²) < 4.78 is 0. The van der Waals surface area contributed by atoms with Crippen LogP contribution in [0.3, 0.4) is 0 Å². The van der Waals surface area contributed by atoms with Gasteiger partial charge in [-0.05, 0) is 26.0 Å². The van der Waals surface area contributed by atoms with E-state index in [1.54, 1.807) is 18.3 Å². The number of hydrogen-bond donors (Lipinski definition) is 2. The smallest absolute Gasteiger partial charge is 0.305 e. The molecule has 0 amide bonds. The summed E-state index contributed by atoms with van der Waals surface area (Å²) in [6.45, 7) is 3.72. The molecule has 1 rings (SSSR count). The number of aliphatic carboxylic acids is 1. The summed E-state index contributed by atoms with van der Waals surface area (Å²) in [5, 5.41) is 8.64. The molecule has 1 unspecified atom stereocenters. The quantitative estimate of drug-likeness (QED) is 0.778. The Labute approximate surface area is 81.2 Å². The summed E-state index contributed by atoms with van der Waals surface area (Å²) in [6, 6.07) is 3.84. The molecule has 1 heterocycles. The molecule has 3 N–H and O–H groups in total. The minimum Gasteiger partial charge on any atom is -0.481 e. The predicted molar refractivity (Wildman–Crippen MR) is 52.8 cm³/mol. The van der Waals surface area contributed by atoms with Crippen molar-refractivity contribution in [3.63, 3.8) is 0 Å². The Morgan fingerprint density at radius 3 is 2.69 bits per heavy atom. The maximum Gasteiger partial charge on any atom is 0.305 e. The first-order valence-electron chi connectivity index (χ1n) is 3.99. The molecule has 0 aliphatic heterocycles. The van der Waals surface area contributed by atoms with Crippen LogP contribution >= 0.6 is 11.3 Å². The lowest BCUT2D eigenvalue weighted by molar-refractivity contribution is -0.138. The van der Waals surface area contributed by atoms with Gasteiger partial charge in [-0.1, -0.05) is 0 Å². The minimum absolute atomic E-state index is 0.0348. The molecule has 4 heteroatoms. The first-order chi connectivity index (χ1) is 5.92. The lowest BCUT2D eigenvalue weighted by atomic mass is 9.97. The zero-order valence-electron chi connectivity index (χ0n) is 7.70. The summed E-state index contributed by atoms with van der Waals surface area (Å²) in [7, 11) is 0. The van der Waals surface area contributed by atoms with Crippen LogP contribution in [0.5, 0.6) is 0 Å². The Bertz CT molecular complexity index is 317. The number of hydrogen-bond acceptors (Lipinski definition) is 3. The number of aryl methyl sites for hydroxylation is 1. The van der Waals surface area contributed by atoms with Gasteiger partial charge in [0, 0.05) is 9.75 Å². The third-order valence-corrected chi connectivity index (χ3v) is 3.10. The first kappa shape index (κ1) is 10.2. The zero-order chi connectivity index (χ0) is 10.1. The van der Waals surface area contributed by atoms with Crippen molar-refractivity contribution < 1.29 is 9.90 Å². The van der Waals surface area contributed by atoms with E-state index in [0.717, 1.165) is 9.75 Å². The van der Waals surface area contributed by atoms with Crippen molar-refractivity contribution in [3.8, 4) is 0 Å². The molecule has 0 bridgehead atoms. The highest BCUT2D eigenvalue weighted by Crippen LogP contribution is 2.28. The van der Waals surface area contributed by atoms with Gasteiger partial charge in [-0.3, -0.25) is 4.79 Å². The molecule has 13 heavy (non-hydrogen) atoms. The van der Waals surface area contributed by atoms with Gasteiger partial charge in [0.1, 0.15) is 0 Å². The number of carbonyl (C=O) groups is 1. The van der Waals surface area contributed by atoms with Gasteiger partial charge in [-0.2, -0.15) is 0 Å². The van der Waals surface area contributed by atoms with Gasteiger partial charge in [0.25, 0.3) is 0 Å². The topological polar surface area (TPSA) is 63.3 Å². The van der Waals surface area contributed by atoms with Gasteiger partial charge in [-0.25, -0.2) is 0 Å². The number of carboxylic acid groups (broad SMARTS) is 1. The summed E-state index contributed by atoms with van der Waals surface area (Å²) in [5.41, 5.74) is 5.14. The molecule has 0 radical (unpaired) electrons. The SMILES string of the molecule is Cc1ccc(C(C)(N)CC(=O)O)s1. The molecule has 72 valence electrons. The third-order valence-electron chi connectivity index (χ3n) is 1.82. The van der Waals surface area contributed by atoms with E-state index in [1.165, 1.54) is 0 Å². The van der Waals surface area contributed by atoms with Crippen molar-refractivity contribution in [2.45, 2.75) is 25.8 Å². The maximum atomic E-state index is 10.5. The molecule has 1 atom stereocenters. The molecule has 0 saturated carbocycles. The van der Waals surface area contributed by atoms with Crippen LogP contribution in [0.1, 0.15) is 23.1 Å². The van der Waals surface area contributed by atoms with E-state index in [9.17, 15) is 4.79 Å². The Kier molecular flexibility index (Phi) is 2.73. The van der Waals surface area contributed by atoms with Gasteiger partial charge < -0.3 is 10.8 Å². The van der Waals surface area contributed by atoms with E-state index < -0.39 is 11.5 Å². The fraction of sp³-hybridized carbons (Fsp3) is 0.444. The van der Waals surface area contributed by atoms with Crippen LogP contribution in [-0.4, -0.2) is 11.1 Å². The fourth-order valence-electron chi connectivity index (χ4n) is 1.14. The van der Waals surface area contributed by atoms with Crippen LogP contribution in [-0.2, 0) is 10.3 Å². The monoisotopic (exact) mass is 199 g/mol. The maximum absolute atomic E-state index is 10.5. The van der Waals surface area contributed by atoms with Crippen LogP contribution in [0.25, 0.3) is 0 Å². The fourth-order valence-corrected chi connectivity index (χ4v) is 2.07. The largest absolute Gasteiger partial charge is 0.481 e. The number of carboxylic acids is 1. The standard InChI is InChI=1S/C9H13NO2S/c1-6-3-4-7(13-6)9(2,10)5-8(11)12/h3-4H,5,10H2,1-2H3,(H,11,12). The van der Waals surface area contributed by atoms with Crippen molar-refractivity contribution in [1.82, 2.24) is 0 Å². The Morgan fingerprint density at radius 2 is 2.31 bits per heavy atom. The molecule has 0 aliphatic rings. The highest BCUT2D eigenvalue weighted by atomic mass is 32.1. The van der Waals surface area contributed by atoms with Crippen molar-refractivity contribution in [3.05, 3.63) is 21.9 Å². The summed E-state index contributed by atoms with van der Waals surface area (Å²) in [5.74, 6) is -0.865. The molecule has 0 spiro atoms. The lowest BCUT2D eigenvalue weighted by Crippen LogP contribution is -2.34. The molecule has 0 aliphatic carbocycles. The van der Waals surface area contributed by atoms with Gasteiger partial charge >= 0.3 is 5.97 Å². The number of rotatable bonds is 3. The number of thiophene rings is 1. The molecular formula is C9H13NO2S. The highest BCUT2D eigenvalue weighted by Gasteiger charge is 2.25. The third kappa shape index (κ3) is 2.54. The molecule has 0 aromatic carbocycles. The van der Waals surface area contributed by atoms with Crippen molar-refractivity contribution in [1.29, 1.82) is 0 Å². The van der Waals surface area contributed by atoms with Gasteiger partial charge in [0.05, 0.1) is 12.0 Å². The first-order valence-corrected chi connectivity index (χ1v) is 4.81. The van der Waals surface area contributed by atoms with Crippen LogP contribution in [0.2, 0.25) is 0 Å². The number of nitrogens with two attached hydrogens (primary N) is 1. The highest BCUT2D eigenvalue weighted by molar-refractivity contribution is 7.12. The molecule has 1 aromatic rings. The normalized spacial score (nSPS) is 15.3. The molecule has 0 fully saturated rings. The molecular weight excluding hydrogens is 186 g/mol. The summed E-state index contributed by atoms with van der Waals surface area (Å²) >= 11 is 1.55. The average molecular weight is 199 g/mol. The van der Waals surface area contributed by atoms with Crippen molar-refractivity contribution in [2.24, 2.45) is 5.73 Å². The zero-order valence-corrected chi connectivity index (χ0v) is 8.52.